The average Bonchev–Trinajstić information content (AvgIpc) is 2.66. The van der Waals surface area contributed by atoms with Gasteiger partial charge in [0.1, 0.15) is 5.75 Å². The largest absolute Gasteiger partial charge is 0.453 e. The van der Waals surface area contributed by atoms with Crippen LogP contribution < -0.4 is 15.4 Å². The molecule has 0 aliphatic carbocycles. The van der Waals surface area contributed by atoms with Crippen LogP contribution in [0, 0.1) is 0 Å². The van der Waals surface area contributed by atoms with Crippen LogP contribution in [-0.4, -0.2) is 31.8 Å². The highest BCUT2D eigenvalue weighted by atomic mass is 19.3. The number of benzene rings is 2. The van der Waals surface area contributed by atoms with E-state index in [1.807, 2.05) is 30.3 Å². The molecule has 2 amide bonds. The van der Waals surface area contributed by atoms with Crippen LogP contribution in [0.3, 0.4) is 0 Å². The Bertz CT molecular complexity index is 754. The van der Waals surface area contributed by atoms with Crippen molar-refractivity contribution in [1.29, 1.82) is 0 Å². The van der Waals surface area contributed by atoms with Crippen molar-refractivity contribution in [3.63, 3.8) is 0 Å². The van der Waals surface area contributed by atoms with E-state index in [0.29, 0.717) is 0 Å². The Hall–Kier alpha value is -3.00. The molecule has 0 aliphatic rings. The zero-order valence-electron chi connectivity index (χ0n) is 14.8. The molecule has 0 spiro atoms. The van der Waals surface area contributed by atoms with E-state index in [9.17, 15) is 18.4 Å². The van der Waals surface area contributed by atoms with Crippen molar-refractivity contribution in [3.05, 3.63) is 65.7 Å². The first-order chi connectivity index (χ1) is 12.9. The maximum Gasteiger partial charge on any atom is 0.413 e. The Morgan fingerprint density at radius 2 is 1.56 bits per heavy atom. The molecular weight excluding hydrogens is 358 g/mol. The summed E-state index contributed by atoms with van der Waals surface area (Å²) in [5, 5.41) is 5.23. The van der Waals surface area contributed by atoms with Crippen molar-refractivity contribution < 1.29 is 27.8 Å². The quantitative estimate of drug-likeness (QED) is 0.774. The lowest BCUT2D eigenvalue weighted by atomic mass is 9.97. The van der Waals surface area contributed by atoms with Crippen LogP contribution in [0.25, 0.3) is 0 Å². The molecule has 0 aromatic heterocycles. The maximum absolute atomic E-state index is 12.3. The highest BCUT2D eigenvalue weighted by Gasteiger charge is 2.22. The summed E-state index contributed by atoms with van der Waals surface area (Å²) in [7, 11) is 1.16. The number of carbonyl (C=O) groups excluding carboxylic acids is 2. The van der Waals surface area contributed by atoms with Crippen LogP contribution in [-0.2, 0) is 9.53 Å². The van der Waals surface area contributed by atoms with Crippen molar-refractivity contribution in [2.45, 2.75) is 25.6 Å². The van der Waals surface area contributed by atoms with Crippen LogP contribution in [0.5, 0.6) is 5.75 Å². The van der Waals surface area contributed by atoms with Crippen molar-refractivity contribution in [2.75, 3.05) is 7.11 Å². The Morgan fingerprint density at radius 3 is 2.11 bits per heavy atom. The first kappa shape index (κ1) is 20.3. The molecular formula is C19H20F2N2O4. The molecule has 8 heteroatoms. The van der Waals surface area contributed by atoms with Gasteiger partial charge in [0.15, 0.2) is 0 Å². The molecule has 2 atom stereocenters. The molecule has 6 nitrogen and oxygen atoms in total. The number of hydrogen-bond acceptors (Lipinski definition) is 5. The topological polar surface area (TPSA) is 76.7 Å². The highest BCUT2D eigenvalue weighted by Crippen LogP contribution is 2.25. The molecule has 0 heterocycles. The molecule has 0 fully saturated rings. The molecule has 0 radical (unpaired) electrons. The van der Waals surface area contributed by atoms with E-state index in [4.69, 9.17) is 0 Å². The van der Waals surface area contributed by atoms with E-state index in [-0.39, 0.29) is 5.75 Å². The second-order valence-electron chi connectivity index (χ2n) is 5.66. The van der Waals surface area contributed by atoms with E-state index in [1.165, 1.54) is 12.1 Å². The smallest absolute Gasteiger partial charge is 0.413 e. The van der Waals surface area contributed by atoms with Gasteiger partial charge in [-0.3, -0.25) is 15.4 Å². The average molecular weight is 378 g/mol. The Balaban J connectivity index is 2.22. The van der Waals surface area contributed by atoms with Gasteiger partial charge in [0.25, 0.3) is 0 Å². The molecule has 2 rings (SSSR count). The number of methoxy groups -OCH3 is 1. The van der Waals surface area contributed by atoms with Crippen molar-refractivity contribution in [1.82, 2.24) is 10.6 Å². The van der Waals surface area contributed by atoms with Crippen LogP contribution in [0.1, 0.15) is 24.1 Å². The molecule has 144 valence electrons. The standard InChI is InChI=1S/C19H20F2N2O4/c1-12(17(24)23-19(25)26-2)22-16(13-6-4-3-5-7-13)14-8-10-15(11-9-14)27-18(20)21/h3-12,16,18,22H,1-2H3,(H,23,24,25)/t12-,16+/m0/s1. The lowest BCUT2D eigenvalue weighted by molar-refractivity contribution is -0.122. The second-order valence-corrected chi connectivity index (χ2v) is 5.66. The number of alkyl halides is 2. The molecule has 0 bridgehead atoms. The maximum atomic E-state index is 12.3. The highest BCUT2D eigenvalue weighted by molar-refractivity contribution is 5.94. The Kier molecular flexibility index (Phi) is 7.25. The number of carbonyl (C=O) groups is 2. The lowest BCUT2D eigenvalue weighted by Gasteiger charge is -2.24. The minimum Gasteiger partial charge on any atom is -0.453 e. The summed E-state index contributed by atoms with van der Waals surface area (Å²) in [5.41, 5.74) is 1.60. The first-order valence-electron chi connectivity index (χ1n) is 8.15. The third-order valence-corrected chi connectivity index (χ3v) is 3.79. The van der Waals surface area contributed by atoms with E-state index >= 15 is 0 Å². The number of ether oxygens (including phenoxy) is 2. The zero-order valence-corrected chi connectivity index (χ0v) is 14.8. The van der Waals surface area contributed by atoms with Gasteiger partial charge in [0.2, 0.25) is 5.91 Å². The number of amides is 2. The van der Waals surface area contributed by atoms with Crippen LogP contribution in [0.2, 0.25) is 0 Å². The summed E-state index contributed by atoms with van der Waals surface area (Å²) in [5.74, 6) is -0.516. The van der Waals surface area contributed by atoms with Crippen molar-refractivity contribution in [2.24, 2.45) is 0 Å². The van der Waals surface area contributed by atoms with Crippen LogP contribution in [0.15, 0.2) is 54.6 Å². The number of halogens is 2. The van der Waals surface area contributed by atoms with E-state index in [1.54, 1.807) is 19.1 Å². The fourth-order valence-electron chi connectivity index (χ4n) is 2.46. The normalized spacial score (nSPS) is 12.9. The SMILES string of the molecule is COC(=O)NC(=O)[C@H](C)N[C@H](c1ccccc1)c1ccc(OC(F)F)cc1. The predicted molar refractivity (Wildman–Crippen MR) is 94.5 cm³/mol. The lowest BCUT2D eigenvalue weighted by Crippen LogP contribution is -2.45. The molecule has 2 aromatic carbocycles. The van der Waals surface area contributed by atoms with Gasteiger partial charge in [-0.05, 0) is 30.2 Å². The van der Waals surface area contributed by atoms with Gasteiger partial charge in [0, 0.05) is 0 Å². The fourth-order valence-corrected chi connectivity index (χ4v) is 2.46. The minimum absolute atomic E-state index is 0.0389. The number of imide groups is 1. The van der Waals surface area contributed by atoms with Crippen molar-refractivity contribution in [3.8, 4) is 5.75 Å². The van der Waals surface area contributed by atoms with E-state index in [0.717, 1.165) is 18.2 Å². The van der Waals surface area contributed by atoms with E-state index < -0.39 is 30.7 Å². The zero-order chi connectivity index (χ0) is 19.8. The summed E-state index contributed by atoms with van der Waals surface area (Å²) in [6.07, 6.45) is -0.849. The number of alkyl carbamates (subject to hydrolysis) is 1. The monoisotopic (exact) mass is 378 g/mol. The summed E-state index contributed by atoms with van der Waals surface area (Å²) >= 11 is 0. The Morgan fingerprint density at radius 1 is 0.963 bits per heavy atom. The fraction of sp³-hybridized carbons (Fsp3) is 0.263. The van der Waals surface area contributed by atoms with Crippen LogP contribution in [0.4, 0.5) is 13.6 Å². The van der Waals surface area contributed by atoms with Gasteiger partial charge in [-0.2, -0.15) is 8.78 Å². The van der Waals surface area contributed by atoms with Gasteiger partial charge in [-0.15, -0.1) is 0 Å². The van der Waals surface area contributed by atoms with Gasteiger partial charge >= 0.3 is 12.7 Å². The number of rotatable bonds is 7. The molecule has 2 aromatic rings. The number of hydrogen-bond donors (Lipinski definition) is 2. The van der Waals surface area contributed by atoms with Gasteiger partial charge in [-0.25, -0.2) is 4.79 Å². The predicted octanol–water partition coefficient (Wildman–Crippen LogP) is 3.24. The van der Waals surface area contributed by atoms with Crippen molar-refractivity contribution >= 4 is 12.0 Å². The van der Waals surface area contributed by atoms with Gasteiger partial charge in [0.05, 0.1) is 19.2 Å². The minimum atomic E-state index is -2.90. The molecule has 0 aliphatic heterocycles. The first-order valence-corrected chi connectivity index (χ1v) is 8.15. The van der Waals surface area contributed by atoms with E-state index in [2.05, 4.69) is 20.1 Å². The van der Waals surface area contributed by atoms with Gasteiger partial charge in [-0.1, -0.05) is 42.5 Å². The van der Waals surface area contributed by atoms with Crippen LogP contribution >= 0.6 is 0 Å². The summed E-state index contributed by atoms with van der Waals surface area (Å²) < 4.78 is 33.4. The molecule has 0 saturated carbocycles. The second kappa shape index (κ2) is 9.63. The summed E-state index contributed by atoms with van der Waals surface area (Å²) in [6, 6.07) is 14.3. The molecule has 0 unspecified atom stereocenters. The Labute approximate surface area is 155 Å². The number of nitrogens with one attached hydrogen (secondary N) is 2. The molecule has 27 heavy (non-hydrogen) atoms. The third kappa shape index (κ3) is 6.03. The molecule has 0 saturated heterocycles. The summed E-state index contributed by atoms with van der Waals surface area (Å²) in [6.45, 7) is -1.30. The molecule has 2 N–H and O–H groups in total. The third-order valence-electron chi connectivity index (χ3n) is 3.79. The summed E-state index contributed by atoms with van der Waals surface area (Å²) in [4.78, 5) is 23.3. The van der Waals surface area contributed by atoms with Gasteiger partial charge < -0.3 is 9.47 Å².